The molecule has 4 N–H and O–H groups in total. The smallest absolute Gasteiger partial charge is 0.152 e. The highest BCUT2D eigenvalue weighted by Crippen LogP contribution is 2.41. The van der Waals surface area contributed by atoms with Crippen LogP contribution >= 0.6 is 50.1 Å². The van der Waals surface area contributed by atoms with Crippen molar-refractivity contribution in [3.8, 4) is 5.75 Å². The Kier molecular flexibility index (Phi) is 8.56. The van der Waals surface area contributed by atoms with E-state index in [-0.39, 0.29) is 16.3 Å². The molecule has 0 aliphatic rings. The average Bonchev–Trinajstić information content (AvgIpc) is 2.80. The van der Waals surface area contributed by atoms with Gasteiger partial charge in [0.2, 0.25) is 0 Å². The minimum Gasteiger partial charge on any atom is -0.505 e. The van der Waals surface area contributed by atoms with Crippen LogP contribution in [0.2, 0.25) is 0 Å². The number of azo groups is 1. The SMILES string of the molecule is C/C=C\c1c(C(=S)C=N)cc(S)c(N=Nc2ccc(NNc3ccc(S)cc3)cc2S)c1O. The number of thiol groups is 3. The van der Waals surface area contributed by atoms with Crippen molar-refractivity contribution in [1.29, 1.82) is 5.41 Å². The number of benzene rings is 3. The third-order valence-corrected chi connectivity index (χ3v) is 5.81. The molecule has 0 aliphatic heterocycles. The predicted octanol–water partition coefficient (Wildman–Crippen LogP) is 7.51. The molecule has 0 aromatic heterocycles. The third kappa shape index (κ3) is 6.17. The highest BCUT2D eigenvalue weighted by Gasteiger charge is 2.16. The Morgan fingerprint density at radius 1 is 0.970 bits per heavy atom. The minimum atomic E-state index is -0.112. The van der Waals surface area contributed by atoms with Gasteiger partial charge in [0.1, 0.15) is 5.69 Å². The number of hydrogen-bond donors (Lipinski definition) is 7. The molecular formula is C23H21N5OS4. The van der Waals surface area contributed by atoms with Crippen LogP contribution < -0.4 is 10.9 Å². The monoisotopic (exact) mass is 511 g/mol. The summed E-state index contributed by atoms with van der Waals surface area (Å²) >= 11 is 18.4. The van der Waals surface area contributed by atoms with E-state index in [0.717, 1.165) is 22.5 Å². The lowest BCUT2D eigenvalue weighted by atomic mass is 10.0. The summed E-state index contributed by atoms with van der Waals surface area (Å²) < 4.78 is 0. The third-order valence-electron chi connectivity index (χ3n) is 4.47. The number of rotatable bonds is 8. The van der Waals surface area contributed by atoms with Gasteiger partial charge in [-0.3, -0.25) is 0 Å². The first-order valence-corrected chi connectivity index (χ1v) is 11.4. The molecule has 168 valence electrons. The van der Waals surface area contributed by atoms with Crippen molar-refractivity contribution in [3.05, 3.63) is 65.7 Å². The highest BCUT2D eigenvalue weighted by atomic mass is 32.1. The van der Waals surface area contributed by atoms with Gasteiger partial charge in [-0.05, 0) is 55.5 Å². The van der Waals surface area contributed by atoms with E-state index < -0.39 is 0 Å². The lowest BCUT2D eigenvalue weighted by Crippen LogP contribution is -2.08. The molecule has 0 atom stereocenters. The van der Waals surface area contributed by atoms with Gasteiger partial charge >= 0.3 is 0 Å². The van der Waals surface area contributed by atoms with E-state index in [1.54, 1.807) is 30.4 Å². The molecule has 6 nitrogen and oxygen atoms in total. The number of hydrogen-bond acceptors (Lipinski definition) is 10. The van der Waals surface area contributed by atoms with Gasteiger partial charge in [0, 0.05) is 32.0 Å². The highest BCUT2D eigenvalue weighted by molar-refractivity contribution is 7.82. The number of nitrogens with zero attached hydrogens (tertiary/aromatic N) is 2. The maximum atomic E-state index is 10.8. The van der Waals surface area contributed by atoms with Crippen molar-refractivity contribution >= 4 is 90.0 Å². The zero-order valence-electron chi connectivity index (χ0n) is 17.4. The van der Waals surface area contributed by atoms with E-state index in [4.69, 9.17) is 17.6 Å². The van der Waals surface area contributed by atoms with Gasteiger partial charge in [-0.2, -0.15) is 0 Å². The molecule has 0 spiro atoms. The van der Waals surface area contributed by atoms with Crippen molar-refractivity contribution in [2.45, 2.75) is 21.6 Å². The first-order chi connectivity index (χ1) is 15.8. The number of aromatic hydroxyl groups is 1. The topological polar surface area (TPSA) is 92.9 Å². The van der Waals surface area contributed by atoms with Gasteiger partial charge in [0.25, 0.3) is 0 Å². The first kappa shape index (κ1) is 24.8. The van der Waals surface area contributed by atoms with Crippen molar-refractivity contribution in [2.75, 3.05) is 10.9 Å². The lowest BCUT2D eigenvalue weighted by Gasteiger charge is -2.12. The maximum Gasteiger partial charge on any atom is 0.152 e. The molecule has 10 heteroatoms. The van der Waals surface area contributed by atoms with Crippen LogP contribution in [0, 0.1) is 5.41 Å². The number of allylic oxidation sites excluding steroid dienone is 1. The average molecular weight is 512 g/mol. The minimum absolute atomic E-state index is 0.112. The normalized spacial score (nSPS) is 11.2. The van der Waals surface area contributed by atoms with Crippen molar-refractivity contribution in [1.82, 2.24) is 0 Å². The molecule has 33 heavy (non-hydrogen) atoms. The van der Waals surface area contributed by atoms with Crippen LogP contribution in [0.4, 0.5) is 22.7 Å². The van der Waals surface area contributed by atoms with Crippen LogP contribution in [0.3, 0.4) is 0 Å². The van der Waals surface area contributed by atoms with Gasteiger partial charge in [-0.15, -0.1) is 48.1 Å². The van der Waals surface area contributed by atoms with Crippen LogP contribution in [-0.2, 0) is 0 Å². The molecule has 0 amide bonds. The summed E-state index contributed by atoms with van der Waals surface area (Å²) in [6, 6.07) is 14.6. The number of anilines is 2. The number of phenols is 1. The number of thiocarbonyl (C=S) groups is 1. The molecule has 0 aliphatic carbocycles. The van der Waals surface area contributed by atoms with Crippen LogP contribution in [0.5, 0.6) is 5.75 Å². The van der Waals surface area contributed by atoms with Gasteiger partial charge in [-0.25, -0.2) is 0 Å². The number of phenolic OH excluding ortho intramolecular Hbond substituents is 1. The molecule has 3 aromatic carbocycles. The van der Waals surface area contributed by atoms with E-state index in [9.17, 15) is 5.11 Å². The standard InChI is InChI=1S/C23H21N5OS4/c1-2-3-16-17(21(33)12-24)11-20(32)22(23(16)29)28-27-18-9-6-14(10-19(18)31)26-25-13-4-7-15(30)8-5-13/h2-12,24-26,29-32H,1H3/b3-2-,24-12?,28-27?. The molecule has 3 aromatic rings. The van der Waals surface area contributed by atoms with Crippen molar-refractivity contribution in [3.63, 3.8) is 0 Å². The summed E-state index contributed by atoms with van der Waals surface area (Å²) in [5.41, 5.74) is 9.57. The quantitative estimate of drug-likeness (QED) is 0.0425. The molecule has 0 unspecified atom stereocenters. The Morgan fingerprint density at radius 3 is 2.27 bits per heavy atom. The zero-order valence-corrected chi connectivity index (χ0v) is 20.9. The van der Waals surface area contributed by atoms with E-state index in [0.29, 0.717) is 26.6 Å². The Morgan fingerprint density at radius 2 is 1.64 bits per heavy atom. The molecule has 0 saturated heterocycles. The Hall–Kier alpha value is -2.79. The second-order valence-corrected chi connectivity index (χ2v) is 8.68. The van der Waals surface area contributed by atoms with Gasteiger partial charge in [-0.1, -0.05) is 24.4 Å². The Labute approximate surface area is 214 Å². The Bertz CT molecular complexity index is 1260. The molecule has 0 fully saturated rings. The molecule has 0 heterocycles. The first-order valence-electron chi connectivity index (χ1n) is 9.66. The molecule has 0 bridgehead atoms. The molecular weight excluding hydrogens is 491 g/mol. The summed E-state index contributed by atoms with van der Waals surface area (Å²) in [5, 5.41) is 26.7. The van der Waals surface area contributed by atoms with Crippen molar-refractivity contribution < 1.29 is 5.11 Å². The fourth-order valence-electron chi connectivity index (χ4n) is 2.85. The van der Waals surface area contributed by atoms with E-state index in [2.05, 4.69) is 59.0 Å². The molecule has 3 rings (SSSR count). The number of nitrogens with one attached hydrogen (secondary N) is 3. The van der Waals surface area contributed by atoms with E-state index >= 15 is 0 Å². The zero-order chi connectivity index (χ0) is 24.0. The second-order valence-electron chi connectivity index (χ2n) is 6.76. The number of hydrazine groups is 1. The fourth-order valence-corrected chi connectivity index (χ4v) is 3.71. The van der Waals surface area contributed by atoms with Crippen LogP contribution in [0.1, 0.15) is 18.1 Å². The van der Waals surface area contributed by atoms with Crippen LogP contribution in [0.25, 0.3) is 6.08 Å². The van der Waals surface area contributed by atoms with E-state index in [1.165, 1.54) is 0 Å². The predicted molar refractivity (Wildman–Crippen MR) is 149 cm³/mol. The van der Waals surface area contributed by atoms with Crippen LogP contribution in [0.15, 0.2) is 79.5 Å². The largest absolute Gasteiger partial charge is 0.505 e. The van der Waals surface area contributed by atoms with Gasteiger partial charge in [0.05, 0.1) is 21.9 Å². The summed E-state index contributed by atoms with van der Waals surface area (Å²) in [4.78, 5) is 2.15. The molecule has 0 saturated carbocycles. The maximum absolute atomic E-state index is 10.8. The van der Waals surface area contributed by atoms with Gasteiger partial charge in [0.15, 0.2) is 5.75 Å². The van der Waals surface area contributed by atoms with Crippen LogP contribution in [-0.4, -0.2) is 16.2 Å². The van der Waals surface area contributed by atoms with E-state index in [1.807, 2.05) is 37.3 Å². The van der Waals surface area contributed by atoms with Crippen molar-refractivity contribution in [2.24, 2.45) is 10.2 Å². The summed E-state index contributed by atoms with van der Waals surface area (Å²) in [7, 11) is 0. The fraction of sp³-hybridized carbons (Fsp3) is 0.0435. The second kappa shape index (κ2) is 11.4. The molecule has 0 radical (unpaired) electrons. The lowest BCUT2D eigenvalue weighted by molar-refractivity contribution is 0.473. The van der Waals surface area contributed by atoms with Gasteiger partial charge < -0.3 is 21.4 Å². The Balaban J connectivity index is 1.84. The summed E-state index contributed by atoms with van der Waals surface area (Å²) in [6.45, 7) is 1.82. The summed E-state index contributed by atoms with van der Waals surface area (Å²) in [6.07, 6.45) is 4.52. The summed E-state index contributed by atoms with van der Waals surface area (Å²) in [5.74, 6) is -0.112.